The summed E-state index contributed by atoms with van der Waals surface area (Å²) >= 11 is 6.28. The van der Waals surface area contributed by atoms with Gasteiger partial charge >= 0.3 is 0 Å². The second kappa shape index (κ2) is 9.16. The number of hydrogen-bond acceptors (Lipinski definition) is 4. The molecule has 2 N–H and O–H groups in total. The molecule has 1 heterocycles. The molecule has 2 aromatic carbocycles. The molecule has 2 aromatic rings. The van der Waals surface area contributed by atoms with Gasteiger partial charge in [-0.25, -0.2) is 13.1 Å². The maximum absolute atomic E-state index is 12.4. The molecule has 160 valence electrons. The van der Waals surface area contributed by atoms with Crippen molar-refractivity contribution in [2.45, 2.75) is 38.0 Å². The van der Waals surface area contributed by atoms with Crippen molar-refractivity contribution in [2.24, 2.45) is 0 Å². The third-order valence-electron chi connectivity index (χ3n) is 5.03. The van der Waals surface area contributed by atoms with Gasteiger partial charge in [0.25, 0.3) is 0 Å². The van der Waals surface area contributed by atoms with E-state index in [0.29, 0.717) is 29.4 Å². The Kier molecular flexibility index (Phi) is 6.80. The summed E-state index contributed by atoms with van der Waals surface area (Å²) < 4.78 is 27.2. The summed E-state index contributed by atoms with van der Waals surface area (Å²) in [5, 5.41) is 3.07. The zero-order valence-corrected chi connectivity index (χ0v) is 18.4. The molecule has 0 aromatic heterocycles. The Bertz CT molecular complexity index is 1090. The Hall–Kier alpha value is -2.42. The fraction of sp³-hybridized carbons (Fsp3) is 0.333. The van der Waals surface area contributed by atoms with Gasteiger partial charge in [-0.2, -0.15) is 0 Å². The molecule has 7 nitrogen and oxygen atoms in total. The number of nitrogens with one attached hydrogen (secondary N) is 2. The lowest BCUT2D eigenvalue weighted by Gasteiger charge is -2.18. The number of rotatable bonds is 7. The van der Waals surface area contributed by atoms with Gasteiger partial charge in [0.1, 0.15) is 0 Å². The summed E-state index contributed by atoms with van der Waals surface area (Å²) in [5.41, 5.74) is 2.99. The predicted molar refractivity (Wildman–Crippen MR) is 117 cm³/mol. The van der Waals surface area contributed by atoms with Crippen LogP contribution in [0.5, 0.6) is 0 Å². The first kappa shape index (κ1) is 22.3. The van der Waals surface area contributed by atoms with Crippen LogP contribution in [0.2, 0.25) is 5.02 Å². The van der Waals surface area contributed by atoms with E-state index in [1.54, 1.807) is 41.3 Å². The molecular weight excluding hydrogens is 426 g/mol. The van der Waals surface area contributed by atoms with E-state index in [9.17, 15) is 18.0 Å². The first-order valence-corrected chi connectivity index (χ1v) is 11.5. The first-order chi connectivity index (χ1) is 14.2. The summed E-state index contributed by atoms with van der Waals surface area (Å²) in [6.45, 7) is 4.35. The minimum atomic E-state index is -3.68. The van der Waals surface area contributed by atoms with Gasteiger partial charge in [0.05, 0.1) is 15.6 Å². The van der Waals surface area contributed by atoms with E-state index in [1.807, 2.05) is 13.8 Å². The highest BCUT2D eigenvalue weighted by Gasteiger charge is 2.23. The molecule has 1 aliphatic rings. The van der Waals surface area contributed by atoms with Crippen LogP contribution in [0.1, 0.15) is 30.4 Å². The second-order valence-corrected chi connectivity index (χ2v) is 9.43. The lowest BCUT2D eigenvalue weighted by Crippen LogP contribution is -2.28. The third-order valence-corrected chi connectivity index (χ3v) is 6.79. The van der Waals surface area contributed by atoms with Gasteiger partial charge < -0.3 is 10.2 Å². The average Bonchev–Trinajstić information content (AvgIpc) is 3.09. The van der Waals surface area contributed by atoms with Gasteiger partial charge in [0.2, 0.25) is 21.8 Å². The lowest BCUT2D eigenvalue weighted by atomic mass is 10.1. The van der Waals surface area contributed by atoms with E-state index >= 15 is 0 Å². The summed E-state index contributed by atoms with van der Waals surface area (Å²) in [4.78, 5) is 25.9. The number of halogens is 1. The van der Waals surface area contributed by atoms with Gasteiger partial charge in [0.15, 0.2) is 0 Å². The van der Waals surface area contributed by atoms with Crippen LogP contribution in [0.4, 0.5) is 11.4 Å². The van der Waals surface area contributed by atoms with E-state index in [-0.39, 0.29) is 29.7 Å². The maximum Gasteiger partial charge on any atom is 0.240 e. The zero-order chi connectivity index (χ0) is 21.9. The smallest absolute Gasteiger partial charge is 0.240 e. The molecule has 1 aliphatic heterocycles. The number of benzene rings is 2. The third kappa shape index (κ3) is 5.19. The highest BCUT2D eigenvalue weighted by Crippen LogP contribution is 2.31. The number of amides is 2. The van der Waals surface area contributed by atoms with Gasteiger partial charge in [-0.3, -0.25) is 9.59 Å². The molecule has 3 rings (SSSR count). The van der Waals surface area contributed by atoms with Gasteiger partial charge in [-0.1, -0.05) is 17.7 Å². The molecule has 1 saturated heterocycles. The largest absolute Gasteiger partial charge is 0.326 e. The minimum Gasteiger partial charge on any atom is -0.326 e. The van der Waals surface area contributed by atoms with Crippen molar-refractivity contribution in [2.75, 3.05) is 23.3 Å². The molecule has 0 spiro atoms. The first-order valence-electron chi connectivity index (χ1n) is 9.64. The van der Waals surface area contributed by atoms with Crippen LogP contribution >= 0.6 is 11.6 Å². The van der Waals surface area contributed by atoms with E-state index in [4.69, 9.17) is 11.6 Å². The topological polar surface area (TPSA) is 95.6 Å². The molecule has 0 bridgehead atoms. The molecule has 30 heavy (non-hydrogen) atoms. The number of aryl methyl sites for hydroxylation is 2. The Morgan fingerprint density at radius 1 is 1.13 bits per heavy atom. The number of hydrogen-bond donors (Lipinski definition) is 2. The van der Waals surface area contributed by atoms with Crippen molar-refractivity contribution in [1.82, 2.24) is 4.72 Å². The molecule has 0 unspecified atom stereocenters. The van der Waals surface area contributed by atoms with Crippen LogP contribution in [0.15, 0.2) is 41.3 Å². The van der Waals surface area contributed by atoms with Gasteiger partial charge in [0, 0.05) is 31.6 Å². The Labute approximate surface area is 181 Å². The number of anilines is 2. The standard InChI is InChI=1S/C21H24ClN3O4S/c1-14-5-7-17(12-15(14)2)30(28,29)23-10-9-20(26)24-16-6-8-19(18(22)13-16)25-11-3-4-21(25)27/h5-8,12-13,23H,3-4,9-11H2,1-2H3,(H,24,26). The highest BCUT2D eigenvalue weighted by atomic mass is 35.5. The van der Waals surface area contributed by atoms with E-state index in [0.717, 1.165) is 17.5 Å². The van der Waals surface area contributed by atoms with Crippen molar-refractivity contribution in [3.63, 3.8) is 0 Å². The van der Waals surface area contributed by atoms with Crippen molar-refractivity contribution in [1.29, 1.82) is 0 Å². The SMILES string of the molecule is Cc1ccc(S(=O)(=O)NCCC(=O)Nc2ccc(N3CCCC3=O)c(Cl)c2)cc1C. The van der Waals surface area contributed by atoms with Crippen LogP contribution in [0.25, 0.3) is 0 Å². The molecule has 0 saturated carbocycles. The average molecular weight is 450 g/mol. The predicted octanol–water partition coefficient (Wildman–Crippen LogP) is 3.39. The van der Waals surface area contributed by atoms with Crippen molar-refractivity contribution < 1.29 is 18.0 Å². The number of carbonyl (C=O) groups is 2. The molecule has 0 radical (unpaired) electrons. The van der Waals surface area contributed by atoms with E-state index < -0.39 is 10.0 Å². The summed E-state index contributed by atoms with van der Waals surface area (Å²) in [7, 11) is -3.68. The summed E-state index contributed by atoms with van der Waals surface area (Å²) in [6, 6.07) is 9.85. The van der Waals surface area contributed by atoms with Gasteiger partial charge in [-0.05, 0) is 61.7 Å². The second-order valence-electron chi connectivity index (χ2n) is 7.26. The molecule has 9 heteroatoms. The number of nitrogens with zero attached hydrogens (tertiary/aromatic N) is 1. The fourth-order valence-electron chi connectivity index (χ4n) is 3.19. The quantitative estimate of drug-likeness (QED) is 0.677. The van der Waals surface area contributed by atoms with Crippen molar-refractivity contribution in [3.05, 3.63) is 52.5 Å². The van der Waals surface area contributed by atoms with Crippen LogP contribution in [-0.4, -0.2) is 33.3 Å². The summed E-state index contributed by atoms with van der Waals surface area (Å²) in [5.74, 6) is -0.316. The summed E-state index contributed by atoms with van der Waals surface area (Å²) in [6.07, 6.45) is 1.27. The Balaban J connectivity index is 1.55. The highest BCUT2D eigenvalue weighted by molar-refractivity contribution is 7.89. The van der Waals surface area contributed by atoms with Crippen molar-refractivity contribution >= 4 is 44.8 Å². The van der Waals surface area contributed by atoms with Crippen molar-refractivity contribution in [3.8, 4) is 0 Å². The van der Waals surface area contributed by atoms with Crippen LogP contribution in [0.3, 0.4) is 0 Å². The number of carbonyl (C=O) groups excluding carboxylic acids is 2. The minimum absolute atomic E-state index is 0.0322. The van der Waals surface area contributed by atoms with Gasteiger partial charge in [-0.15, -0.1) is 0 Å². The monoisotopic (exact) mass is 449 g/mol. The van der Waals surface area contributed by atoms with E-state index in [2.05, 4.69) is 10.0 Å². The fourth-order valence-corrected chi connectivity index (χ4v) is 4.59. The molecule has 0 atom stereocenters. The molecular formula is C21H24ClN3O4S. The Morgan fingerprint density at radius 3 is 2.53 bits per heavy atom. The lowest BCUT2D eigenvalue weighted by molar-refractivity contribution is -0.117. The van der Waals surface area contributed by atoms with Crippen LogP contribution in [-0.2, 0) is 19.6 Å². The maximum atomic E-state index is 12.4. The number of sulfonamides is 1. The van der Waals surface area contributed by atoms with Crippen LogP contribution < -0.4 is 14.9 Å². The van der Waals surface area contributed by atoms with E-state index in [1.165, 1.54) is 0 Å². The zero-order valence-electron chi connectivity index (χ0n) is 16.9. The molecule has 1 fully saturated rings. The Morgan fingerprint density at radius 2 is 1.90 bits per heavy atom. The molecule has 0 aliphatic carbocycles. The normalized spacial score (nSPS) is 14.2. The van der Waals surface area contributed by atoms with Crippen LogP contribution in [0, 0.1) is 13.8 Å². The molecule has 2 amide bonds.